The largest absolute Gasteiger partial charge is 0.378 e. The van der Waals surface area contributed by atoms with Crippen LogP contribution in [-0.4, -0.2) is 48.7 Å². The molecule has 1 saturated carbocycles. The van der Waals surface area contributed by atoms with Crippen LogP contribution < -0.4 is 5.32 Å². The van der Waals surface area contributed by atoms with Crippen LogP contribution in [0.3, 0.4) is 0 Å². The van der Waals surface area contributed by atoms with Crippen LogP contribution in [0.15, 0.2) is 0 Å². The Kier molecular flexibility index (Phi) is 4.08. The summed E-state index contributed by atoms with van der Waals surface area (Å²) in [7, 11) is 0. The topological polar surface area (TPSA) is 41.6 Å². The summed E-state index contributed by atoms with van der Waals surface area (Å²) in [6, 6.07) is 1.18. The van der Waals surface area contributed by atoms with E-state index >= 15 is 0 Å². The third kappa shape index (κ3) is 2.79. The molecular weight excluding hydrogens is 240 g/mol. The van der Waals surface area contributed by atoms with E-state index in [1.54, 1.807) is 0 Å². The summed E-state index contributed by atoms with van der Waals surface area (Å²) in [5, 5.41) is 3.39. The molecule has 1 aliphatic carbocycles. The van der Waals surface area contributed by atoms with Crippen molar-refractivity contribution in [3.63, 3.8) is 0 Å². The number of morpholine rings is 1. The number of ether oxygens (including phenoxy) is 1. The van der Waals surface area contributed by atoms with Gasteiger partial charge in [0.1, 0.15) is 0 Å². The number of carbonyl (C=O) groups excluding carboxylic acids is 1. The maximum atomic E-state index is 12.6. The Morgan fingerprint density at radius 1 is 1.37 bits per heavy atom. The van der Waals surface area contributed by atoms with Crippen molar-refractivity contribution in [1.29, 1.82) is 0 Å². The predicted octanol–water partition coefficient (Wildman–Crippen LogP) is 1.54. The first kappa shape index (κ1) is 13.4. The van der Waals surface area contributed by atoms with Crippen molar-refractivity contribution >= 4 is 5.91 Å². The second-order valence-corrected chi connectivity index (χ2v) is 6.43. The molecule has 0 spiro atoms. The van der Waals surface area contributed by atoms with Gasteiger partial charge in [-0.1, -0.05) is 12.8 Å². The number of hydrogen-bond acceptors (Lipinski definition) is 3. The number of fused-ring (bicyclic) bond motifs is 1. The Morgan fingerprint density at radius 2 is 2.21 bits per heavy atom. The van der Waals surface area contributed by atoms with Crippen molar-refractivity contribution in [2.24, 2.45) is 5.92 Å². The normalized spacial score (nSPS) is 39.1. The molecule has 3 aliphatic rings. The number of amides is 1. The fraction of sp³-hybridized carbons (Fsp3) is 0.933. The van der Waals surface area contributed by atoms with Gasteiger partial charge in [-0.2, -0.15) is 0 Å². The van der Waals surface area contributed by atoms with Crippen LogP contribution in [0.4, 0.5) is 0 Å². The van der Waals surface area contributed by atoms with Crippen LogP contribution in [0.2, 0.25) is 0 Å². The minimum atomic E-state index is 0.219. The molecule has 4 nitrogen and oxygen atoms in total. The Labute approximate surface area is 115 Å². The van der Waals surface area contributed by atoms with Gasteiger partial charge < -0.3 is 15.0 Å². The standard InChI is InChI=1S/C15H26N2O2/c1-11-8-12-4-2-3-5-14(12)17(11)15(18)9-13-10-19-7-6-16-13/h11-14,16H,2-10H2,1H3. The molecule has 0 aromatic heterocycles. The quantitative estimate of drug-likeness (QED) is 0.824. The summed E-state index contributed by atoms with van der Waals surface area (Å²) < 4.78 is 5.45. The van der Waals surface area contributed by atoms with Gasteiger partial charge >= 0.3 is 0 Å². The first-order valence-corrected chi connectivity index (χ1v) is 7.88. The molecule has 2 heterocycles. The van der Waals surface area contributed by atoms with Crippen molar-refractivity contribution in [2.45, 2.75) is 63.6 Å². The van der Waals surface area contributed by atoms with Crippen LogP contribution in [0.25, 0.3) is 0 Å². The van der Waals surface area contributed by atoms with Gasteiger partial charge in [-0.25, -0.2) is 0 Å². The highest BCUT2D eigenvalue weighted by molar-refractivity contribution is 5.78. The van der Waals surface area contributed by atoms with Crippen molar-refractivity contribution in [3.05, 3.63) is 0 Å². The monoisotopic (exact) mass is 266 g/mol. The minimum Gasteiger partial charge on any atom is -0.378 e. The van der Waals surface area contributed by atoms with Crippen molar-refractivity contribution in [1.82, 2.24) is 10.2 Å². The Balaban J connectivity index is 1.61. The summed E-state index contributed by atoms with van der Waals surface area (Å²) in [6.07, 6.45) is 7.01. The molecule has 0 bridgehead atoms. The lowest BCUT2D eigenvalue weighted by Crippen LogP contribution is -2.48. The molecule has 3 rings (SSSR count). The first-order chi connectivity index (χ1) is 9.25. The zero-order chi connectivity index (χ0) is 13.2. The molecular formula is C15H26N2O2. The molecule has 19 heavy (non-hydrogen) atoms. The number of rotatable bonds is 2. The van der Waals surface area contributed by atoms with E-state index in [1.165, 1.54) is 32.1 Å². The number of carbonyl (C=O) groups is 1. The van der Waals surface area contributed by atoms with Crippen molar-refractivity contribution in [3.8, 4) is 0 Å². The Morgan fingerprint density at radius 3 is 3.00 bits per heavy atom. The van der Waals surface area contributed by atoms with Gasteiger partial charge in [-0.3, -0.25) is 4.79 Å². The average molecular weight is 266 g/mol. The lowest BCUT2D eigenvalue weighted by molar-refractivity contribution is -0.135. The van der Waals surface area contributed by atoms with E-state index in [9.17, 15) is 4.79 Å². The summed E-state index contributed by atoms with van der Waals surface area (Å²) in [6.45, 7) is 4.55. The maximum absolute atomic E-state index is 12.6. The smallest absolute Gasteiger partial charge is 0.224 e. The fourth-order valence-corrected chi connectivity index (χ4v) is 4.21. The number of likely N-dealkylation sites (tertiary alicyclic amines) is 1. The van der Waals surface area contributed by atoms with Gasteiger partial charge in [-0.05, 0) is 32.1 Å². The predicted molar refractivity (Wildman–Crippen MR) is 73.9 cm³/mol. The SMILES string of the molecule is CC1CC2CCCCC2N1C(=O)CC1COCCN1. The molecule has 0 radical (unpaired) electrons. The summed E-state index contributed by atoms with van der Waals surface area (Å²) in [4.78, 5) is 14.8. The molecule has 0 aromatic rings. The van der Waals surface area contributed by atoms with Crippen molar-refractivity contribution in [2.75, 3.05) is 19.8 Å². The molecule has 1 N–H and O–H groups in total. The maximum Gasteiger partial charge on any atom is 0.224 e. The van der Waals surface area contributed by atoms with E-state index in [2.05, 4.69) is 17.1 Å². The van der Waals surface area contributed by atoms with Crippen LogP contribution in [0.5, 0.6) is 0 Å². The lowest BCUT2D eigenvalue weighted by Gasteiger charge is -2.34. The average Bonchev–Trinajstić information content (AvgIpc) is 2.75. The van der Waals surface area contributed by atoms with Crippen LogP contribution in [0.1, 0.15) is 45.4 Å². The first-order valence-electron chi connectivity index (χ1n) is 7.88. The zero-order valence-electron chi connectivity index (χ0n) is 11.9. The van der Waals surface area contributed by atoms with Crippen LogP contribution in [-0.2, 0) is 9.53 Å². The van der Waals surface area contributed by atoms with Gasteiger partial charge in [0.15, 0.2) is 0 Å². The molecule has 1 amide bonds. The Hall–Kier alpha value is -0.610. The second-order valence-electron chi connectivity index (χ2n) is 6.43. The molecule has 2 aliphatic heterocycles. The molecule has 0 aromatic carbocycles. The third-order valence-corrected chi connectivity index (χ3v) is 5.05. The highest BCUT2D eigenvalue weighted by Crippen LogP contribution is 2.39. The summed E-state index contributed by atoms with van der Waals surface area (Å²) in [5.41, 5.74) is 0. The van der Waals surface area contributed by atoms with E-state index in [1.807, 2.05) is 0 Å². The summed E-state index contributed by atoms with van der Waals surface area (Å²) >= 11 is 0. The Bertz CT molecular complexity index is 328. The molecule has 4 unspecified atom stereocenters. The van der Waals surface area contributed by atoms with Gasteiger partial charge in [0.2, 0.25) is 5.91 Å². The lowest BCUT2D eigenvalue weighted by atomic mass is 9.85. The van der Waals surface area contributed by atoms with Crippen molar-refractivity contribution < 1.29 is 9.53 Å². The van der Waals surface area contributed by atoms with E-state index in [0.29, 0.717) is 31.0 Å². The van der Waals surface area contributed by atoms with Gasteiger partial charge in [0.25, 0.3) is 0 Å². The van der Waals surface area contributed by atoms with E-state index in [-0.39, 0.29) is 6.04 Å². The van der Waals surface area contributed by atoms with Crippen LogP contribution >= 0.6 is 0 Å². The zero-order valence-corrected chi connectivity index (χ0v) is 11.9. The molecule has 2 saturated heterocycles. The number of nitrogens with zero attached hydrogens (tertiary/aromatic N) is 1. The molecule has 4 atom stereocenters. The van der Waals surface area contributed by atoms with E-state index in [0.717, 1.165) is 19.1 Å². The molecule has 3 fully saturated rings. The van der Waals surface area contributed by atoms with Crippen LogP contribution in [0, 0.1) is 5.92 Å². The second kappa shape index (κ2) is 5.80. The van der Waals surface area contributed by atoms with Gasteiger partial charge in [0.05, 0.1) is 13.2 Å². The fourth-order valence-electron chi connectivity index (χ4n) is 4.21. The highest BCUT2D eigenvalue weighted by Gasteiger charge is 2.42. The van der Waals surface area contributed by atoms with E-state index < -0.39 is 0 Å². The van der Waals surface area contributed by atoms with E-state index in [4.69, 9.17) is 4.74 Å². The summed E-state index contributed by atoms with van der Waals surface area (Å²) in [5.74, 6) is 1.10. The molecule has 108 valence electrons. The van der Waals surface area contributed by atoms with Gasteiger partial charge in [-0.15, -0.1) is 0 Å². The van der Waals surface area contributed by atoms with Gasteiger partial charge in [0, 0.05) is 31.1 Å². The number of hydrogen-bond donors (Lipinski definition) is 1. The molecule has 4 heteroatoms. The minimum absolute atomic E-state index is 0.219. The number of nitrogens with one attached hydrogen (secondary N) is 1. The third-order valence-electron chi connectivity index (χ3n) is 5.05. The highest BCUT2D eigenvalue weighted by atomic mass is 16.5.